The second-order valence-electron chi connectivity index (χ2n) is 9.36. The largest absolute Gasteiger partial charge is 0.488 e. The standard InChI is InChI=1S/C29H24F2N4O5/c1-16-5-3-4-6-18(16)13-35(14-25(36)32-23-11-17(29(38)39)7-9-22(23)31)28(37)26-21-15-40-24-10-8-19(30)12-20(24)27(21)34(2)33-26/h3-12H,13-15H2,1-2H3,(H,32,36)(H,38,39). The van der Waals surface area contributed by atoms with Gasteiger partial charge in [0, 0.05) is 24.7 Å². The lowest BCUT2D eigenvalue weighted by molar-refractivity contribution is -0.117. The van der Waals surface area contributed by atoms with Crippen molar-refractivity contribution in [3.05, 3.63) is 100 Å². The maximum Gasteiger partial charge on any atom is 0.335 e. The number of aromatic carboxylic acids is 1. The van der Waals surface area contributed by atoms with Crippen LogP contribution in [0.15, 0.2) is 60.7 Å². The molecule has 1 aliphatic rings. The van der Waals surface area contributed by atoms with Gasteiger partial charge in [0.2, 0.25) is 5.91 Å². The maximum absolute atomic E-state index is 14.4. The molecule has 0 fully saturated rings. The molecule has 2 heterocycles. The lowest BCUT2D eigenvalue weighted by Crippen LogP contribution is -2.38. The number of nitrogens with one attached hydrogen (secondary N) is 1. The molecule has 9 nitrogen and oxygen atoms in total. The van der Waals surface area contributed by atoms with Crippen molar-refractivity contribution in [1.29, 1.82) is 0 Å². The van der Waals surface area contributed by atoms with Gasteiger partial charge in [-0.05, 0) is 54.4 Å². The Morgan fingerprint density at radius 1 is 1.10 bits per heavy atom. The van der Waals surface area contributed by atoms with Crippen LogP contribution < -0.4 is 10.1 Å². The molecule has 0 saturated carbocycles. The zero-order valence-corrected chi connectivity index (χ0v) is 21.6. The predicted molar refractivity (Wildman–Crippen MR) is 141 cm³/mol. The summed E-state index contributed by atoms with van der Waals surface area (Å²) in [6.45, 7) is 1.43. The summed E-state index contributed by atoms with van der Waals surface area (Å²) in [6, 6.07) is 14.5. The molecule has 4 aromatic rings. The first kappa shape index (κ1) is 26.5. The van der Waals surface area contributed by atoms with Gasteiger partial charge in [0.25, 0.3) is 5.91 Å². The maximum atomic E-state index is 14.4. The number of fused-ring (bicyclic) bond motifs is 3. The Kier molecular flexibility index (Phi) is 7.03. The summed E-state index contributed by atoms with van der Waals surface area (Å²) in [6.07, 6.45) is 0. The van der Waals surface area contributed by atoms with E-state index in [9.17, 15) is 28.3 Å². The van der Waals surface area contributed by atoms with E-state index in [2.05, 4.69) is 10.4 Å². The molecule has 0 saturated heterocycles. The van der Waals surface area contributed by atoms with Crippen molar-refractivity contribution in [2.75, 3.05) is 11.9 Å². The molecule has 0 bridgehead atoms. The Labute approximate surface area is 227 Å². The molecule has 5 rings (SSSR count). The van der Waals surface area contributed by atoms with Crippen molar-refractivity contribution in [3.8, 4) is 17.0 Å². The zero-order valence-electron chi connectivity index (χ0n) is 21.6. The number of carboxylic acids is 1. The highest BCUT2D eigenvalue weighted by Gasteiger charge is 2.32. The van der Waals surface area contributed by atoms with Crippen LogP contribution in [0.5, 0.6) is 5.75 Å². The summed E-state index contributed by atoms with van der Waals surface area (Å²) >= 11 is 0. The van der Waals surface area contributed by atoms with Gasteiger partial charge in [-0.1, -0.05) is 24.3 Å². The molecular weight excluding hydrogens is 522 g/mol. The van der Waals surface area contributed by atoms with Crippen LogP contribution >= 0.6 is 0 Å². The number of nitrogens with zero attached hydrogens (tertiary/aromatic N) is 3. The second kappa shape index (κ2) is 10.6. The van der Waals surface area contributed by atoms with Gasteiger partial charge in [-0.25, -0.2) is 13.6 Å². The second-order valence-corrected chi connectivity index (χ2v) is 9.36. The van der Waals surface area contributed by atoms with Crippen LogP contribution in [0.25, 0.3) is 11.3 Å². The number of halogens is 2. The van der Waals surface area contributed by atoms with E-state index in [1.165, 1.54) is 27.8 Å². The number of benzene rings is 3. The van der Waals surface area contributed by atoms with Crippen LogP contribution in [-0.4, -0.2) is 44.1 Å². The minimum atomic E-state index is -1.28. The molecule has 0 spiro atoms. The first-order chi connectivity index (χ1) is 19.1. The smallest absolute Gasteiger partial charge is 0.335 e. The van der Waals surface area contributed by atoms with E-state index in [-0.39, 0.29) is 30.1 Å². The lowest BCUT2D eigenvalue weighted by atomic mass is 10.0. The molecule has 1 aromatic heterocycles. The third-order valence-electron chi connectivity index (χ3n) is 6.65. The lowest BCUT2D eigenvalue weighted by Gasteiger charge is -2.24. The minimum Gasteiger partial charge on any atom is -0.488 e. The fourth-order valence-electron chi connectivity index (χ4n) is 4.64. The van der Waals surface area contributed by atoms with Crippen LogP contribution in [0.2, 0.25) is 0 Å². The molecular formula is C29H24F2N4O5. The Morgan fingerprint density at radius 3 is 2.62 bits per heavy atom. The number of hydrogen-bond donors (Lipinski definition) is 2. The van der Waals surface area contributed by atoms with E-state index in [1.54, 1.807) is 13.1 Å². The summed E-state index contributed by atoms with van der Waals surface area (Å²) in [7, 11) is 1.63. The van der Waals surface area contributed by atoms with Gasteiger partial charge in [0.15, 0.2) is 5.69 Å². The number of aromatic nitrogens is 2. The Morgan fingerprint density at radius 2 is 1.88 bits per heavy atom. The van der Waals surface area contributed by atoms with Gasteiger partial charge in [0.05, 0.1) is 16.9 Å². The zero-order chi connectivity index (χ0) is 28.6. The normalized spacial score (nSPS) is 11.7. The number of hydrogen-bond acceptors (Lipinski definition) is 5. The molecule has 0 aliphatic carbocycles. The summed E-state index contributed by atoms with van der Waals surface area (Å²) in [4.78, 5) is 39.5. The van der Waals surface area contributed by atoms with Gasteiger partial charge < -0.3 is 20.1 Å². The Bertz CT molecular complexity index is 1670. The van der Waals surface area contributed by atoms with Crippen molar-refractivity contribution in [2.24, 2.45) is 7.05 Å². The van der Waals surface area contributed by atoms with E-state index in [0.717, 1.165) is 29.3 Å². The monoisotopic (exact) mass is 546 g/mol. The third-order valence-corrected chi connectivity index (χ3v) is 6.65. The van der Waals surface area contributed by atoms with Crippen LogP contribution in [0.1, 0.15) is 37.5 Å². The van der Waals surface area contributed by atoms with Gasteiger partial charge >= 0.3 is 5.97 Å². The molecule has 0 atom stereocenters. The molecule has 2 amide bonds. The number of anilines is 1. The number of ether oxygens (including phenoxy) is 1. The molecule has 11 heteroatoms. The molecule has 204 valence electrons. The van der Waals surface area contributed by atoms with Crippen molar-refractivity contribution in [1.82, 2.24) is 14.7 Å². The first-order valence-electron chi connectivity index (χ1n) is 12.3. The van der Waals surface area contributed by atoms with Crippen LogP contribution in [-0.2, 0) is 25.0 Å². The van der Waals surface area contributed by atoms with Gasteiger partial charge in [-0.3, -0.25) is 14.3 Å². The quantitative estimate of drug-likeness (QED) is 0.352. The number of carbonyl (C=O) groups is 3. The highest BCUT2D eigenvalue weighted by Crippen LogP contribution is 2.39. The van der Waals surface area contributed by atoms with E-state index < -0.39 is 36.0 Å². The average Bonchev–Trinajstić information content (AvgIpc) is 3.26. The highest BCUT2D eigenvalue weighted by atomic mass is 19.1. The van der Waals surface area contributed by atoms with E-state index in [1.807, 2.05) is 25.1 Å². The molecule has 2 N–H and O–H groups in total. The number of carbonyl (C=O) groups excluding carboxylic acids is 2. The van der Waals surface area contributed by atoms with E-state index in [4.69, 9.17) is 4.74 Å². The van der Waals surface area contributed by atoms with Crippen LogP contribution in [0.3, 0.4) is 0 Å². The summed E-state index contributed by atoms with van der Waals surface area (Å²) in [5.41, 5.74) is 2.59. The molecule has 1 aliphatic heterocycles. The fourth-order valence-corrected chi connectivity index (χ4v) is 4.64. The molecule has 0 radical (unpaired) electrons. The van der Waals surface area contributed by atoms with Crippen molar-refractivity contribution in [3.63, 3.8) is 0 Å². The van der Waals surface area contributed by atoms with Crippen LogP contribution in [0.4, 0.5) is 14.5 Å². The van der Waals surface area contributed by atoms with Crippen molar-refractivity contribution in [2.45, 2.75) is 20.1 Å². The number of aryl methyl sites for hydroxylation is 2. The van der Waals surface area contributed by atoms with Gasteiger partial charge in [-0.15, -0.1) is 0 Å². The van der Waals surface area contributed by atoms with Crippen molar-refractivity contribution < 1.29 is 33.0 Å². The Hall–Kier alpha value is -5.06. The number of carboxylic acid groups (broad SMARTS) is 1. The molecule has 40 heavy (non-hydrogen) atoms. The topological polar surface area (TPSA) is 114 Å². The summed E-state index contributed by atoms with van der Waals surface area (Å²) < 4.78 is 35.6. The minimum absolute atomic E-state index is 0.0144. The Balaban J connectivity index is 1.48. The first-order valence-corrected chi connectivity index (χ1v) is 12.3. The SMILES string of the molecule is Cc1ccccc1CN(CC(=O)Nc1cc(C(=O)O)ccc1F)C(=O)c1nn(C)c2c1COc1ccc(F)cc1-2. The average molecular weight is 547 g/mol. The number of amides is 2. The summed E-state index contributed by atoms with van der Waals surface area (Å²) in [5, 5.41) is 16.0. The van der Waals surface area contributed by atoms with Gasteiger partial charge in [0.1, 0.15) is 30.5 Å². The van der Waals surface area contributed by atoms with Crippen LogP contribution in [0, 0.1) is 18.6 Å². The van der Waals surface area contributed by atoms with Crippen molar-refractivity contribution >= 4 is 23.5 Å². The molecule has 3 aromatic carbocycles. The van der Waals surface area contributed by atoms with E-state index in [0.29, 0.717) is 22.6 Å². The summed E-state index contributed by atoms with van der Waals surface area (Å²) in [5.74, 6) is -3.44. The van der Waals surface area contributed by atoms with E-state index >= 15 is 0 Å². The van der Waals surface area contributed by atoms with Gasteiger partial charge in [-0.2, -0.15) is 5.10 Å². The predicted octanol–water partition coefficient (Wildman–Crippen LogP) is 4.55. The third kappa shape index (κ3) is 5.13. The molecule has 0 unspecified atom stereocenters. The fraction of sp³-hybridized carbons (Fsp3) is 0.172. The highest BCUT2D eigenvalue weighted by molar-refractivity contribution is 6.01. The number of rotatable bonds is 7.